The van der Waals surface area contributed by atoms with Gasteiger partial charge in [0.25, 0.3) is 0 Å². The zero-order valence-electron chi connectivity index (χ0n) is 17.6. The lowest BCUT2D eigenvalue weighted by atomic mass is 10.2. The lowest BCUT2D eigenvalue weighted by Gasteiger charge is -2.12. The van der Waals surface area contributed by atoms with E-state index in [1.807, 2.05) is 25.1 Å². The number of carbonyl (C=O) groups is 1. The van der Waals surface area contributed by atoms with Gasteiger partial charge in [0.15, 0.2) is 11.6 Å². The van der Waals surface area contributed by atoms with Crippen molar-refractivity contribution in [2.45, 2.75) is 25.2 Å². The zero-order chi connectivity index (χ0) is 22.9. The fourth-order valence-corrected chi connectivity index (χ4v) is 3.30. The number of ether oxygens (including phenoxy) is 1. The van der Waals surface area contributed by atoms with Gasteiger partial charge in [-0.3, -0.25) is 9.52 Å². The van der Waals surface area contributed by atoms with E-state index < -0.39 is 5.82 Å². The second-order valence-electron chi connectivity index (χ2n) is 6.62. The number of aryl methyl sites for hydroxylation is 1. The summed E-state index contributed by atoms with van der Waals surface area (Å²) < 4.78 is 22.4. The molecule has 3 N–H and O–H groups in total. The average molecular weight is 452 g/mol. The summed E-state index contributed by atoms with van der Waals surface area (Å²) in [6, 6.07) is 12.5. The summed E-state index contributed by atoms with van der Waals surface area (Å²) >= 11 is 1.24. The van der Waals surface area contributed by atoms with E-state index in [-0.39, 0.29) is 24.3 Å². The third-order valence-electron chi connectivity index (χ3n) is 4.22. The van der Waals surface area contributed by atoms with Crippen LogP contribution in [0, 0.1) is 25.1 Å². The van der Waals surface area contributed by atoms with Crippen LogP contribution in [0.1, 0.15) is 18.9 Å². The highest BCUT2D eigenvalue weighted by Gasteiger charge is 2.10. The van der Waals surface area contributed by atoms with Crippen molar-refractivity contribution in [1.82, 2.24) is 14.7 Å². The minimum atomic E-state index is -0.592. The number of hydrogen-bond donors (Lipinski definition) is 3. The number of anilines is 4. The quantitative estimate of drug-likeness (QED) is 0.313. The Morgan fingerprint density at radius 2 is 1.94 bits per heavy atom. The summed E-state index contributed by atoms with van der Waals surface area (Å²) in [5, 5.41) is 5.99. The first kappa shape index (κ1) is 22.9. The minimum absolute atomic E-state index is 0.0247. The Balaban J connectivity index is 1.72. The maximum Gasteiger partial charge on any atom is 0.229 e. The highest BCUT2D eigenvalue weighted by atomic mass is 32.2. The summed E-state index contributed by atoms with van der Waals surface area (Å²) in [7, 11) is 0. The van der Waals surface area contributed by atoms with E-state index in [0.717, 1.165) is 16.7 Å². The molecule has 0 saturated heterocycles. The van der Waals surface area contributed by atoms with Crippen LogP contribution in [0.4, 0.5) is 27.5 Å². The summed E-state index contributed by atoms with van der Waals surface area (Å²) in [5.74, 6) is 2.61. The maximum absolute atomic E-state index is 14.3. The number of carbonyl (C=O) groups excluding carboxylic acids is 1. The Kier molecular flexibility index (Phi) is 7.89. The van der Waals surface area contributed by atoms with Crippen LogP contribution < -0.4 is 20.1 Å². The molecule has 7 nitrogen and oxygen atoms in total. The molecule has 0 fully saturated rings. The van der Waals surface area contributed by atoms with Gasteiger partial charge < -0.3 is 15.4 Å². The molecule has 0 atom stereocenters. The number of rotatable bonds is 9. The van der Waals surface area contributed by atoms with Crippen molar-refractivity contribution in [3.8, 4) is 18.1 Å². The van der Waals surface area contributed by atoms with Crippen molar-refractivity contribution in [2.24, 2.45) is 0 Å². The second-order valence-corrected chi connectivity index (χ2v) is 7.47. The van der Waals surface area contributed by atoms with Gasteiger partial charge in [0.1, 0.15) is 12.4 Å². The van der Waals surface area contributed by atoms with E-state index in [0.29, 0.717) is 23.5 Å². The number of hydrogen-bond acceptors (Lipinski definition) is 7. The number of nitrogens with one attached hydrogen (secondary N) is 3. The molecule has 0 aliphatic carbocycles. The van der Waals surface area contributed by atoms with Gasteiger partial charge in [0, 0.05) is 22.7 Å². The van der Waals surface area contributed by atoms with E-state index >= 15 is 0 Å². The topological polar surface area (TPSA) is 88.2 Å². The SMILES string of the molecule is C#CCOc1ccc(Nc2nc(Nc3ccc(C)c(SNC(=O)CC)c3)ncc2F)cc1. The molecule has 3 rings (SSSR count). The third kappa shape index (κ3) is 6.36. The number of halogens is 1. The van der Waals surface area contributed by atoms with Crippen LogP contribution in [-0.2, 0) is 4.79 Å². The molecule has 32 heavy (non-hydrogen) atoms. The maximum atomic E-state index is 14.3. The van der Waals surface area contributed by atoms with Crippen molar-refractivity contribution < 1.29 is 13.9 Å². The smallest absolute Gasteiger partial charge is 0.229 e. The number of amides is 1. The van der Waals surface area contributed by atoms with Gasteiger partial charge in [-0.2, -0.15) is 4.98 Å². The molecular weight excluding hydrogens is 429 g/mol. The van der Waals surface area contributed by atoms with Crippen LogP contribution >= 0.6 is 11.9 Å². The normalized spacial score (nSPS) is 10.2. The molecule has 1 aromatic heterocycles. The number of aromatic nitrogens is 2. The summed E-state index contributed by atoms with van der Waals surface area (Å²) in [5.41, 5.74) is 2.34. The van der Waals surface area contributed by atoms with Gasteiger partial charge in [-0.05, 0) is 60.8 Å². The molecule has 164 valence electrons. The van der Waals surface area contributed by atoms with E-state index in [9.17, 15) is 9.18 Å². The summed E-state index contributed by atoms with van der Waals surface area (Å²) in [6.45, 7) is 3.91. The highest BCUT2D eigenvalue weighted by Crippen LogP contribution is 2.26. The Hall–Kier alpha value is -3.77. The molecular formula is C23H22FN5O2S. The van der Waals surface area contributed by atoms with Crippen LogP contribution in [0.3, 0.4) is 0 Å². The van der Waals surface area contributed by atoms with Crippen molar-refractivity contribution >= 4 is 41.0 Å². The number of benzene rings is 2. The Morgan fingerprint density at radius 3 is 2.66 bits per heavy atom. The first-order chi connectivity index (χ1) is 15.5. The monoisotopic (exact) mass is 451 g/mol. The first-order valence-electron chi connectivity index (χ1n) is 9.77. The van der Waals surface area contributed by atoms with Gasteiger partial charge in [-0.15, -0.1) is 6.42 Å². The predicted molar refractivity (Wildman–Crippen MR) is 125 cm³/mol. The van der Waals surface area contributed by atoms with Crippen LogP contribution in [0.15, 0.2) is 53.6 Å². The van der Waals surface area contributed by atoms with Gasteiger partial charge in [0.05, 0.1) is 6.20 Å². The lowest BCUT2D eigenvalue weighted by molar-refractivity contribution is -0.118. The molecule has 0 bridgehead atoms. The van der Waals surface area contributed by atoms with Crippen molar-refractivity contribution in [1.29, 1.82) is 0 Å². The molecule has 0 spiro atoms. The fraction of sp³-hybridized carbons (Fsp3) is 0.174. The molecule has 9 heteroatoms. The van der Waals surface area contributed by atoms with Crippen LogP contribution in [0.5, 0.6) is 5.75 Å². The molecule has 1 amide bonds. The van der Waals surface area contributed by atoms with Crippen LogP contribution in [0.2, 0.25) is 0 Å². The Labute approximate surface area is 190 Å². The van der Waals surface area contributed by atoms with Gasteiger partial charge >= 0.3 is 0 Å². The summed E-state index contributed by atoms with van der Waals surface area (Å²) in [6.07, 6.45) is 6.67. The van der Waals surface area contributed by atoms with E-state index in [1.165, 1.54) is 11.9 Å². The number of nitrogens with zero attached hydrogens (tertiary/aromatic N) is 2. The molecule has 0 radical (unpaired) electrons. The van der Waals surface area contributed by atoms with Gasteiger partial charge in [-0.1, -0.05) is 18.9 Å². The van der Waals surface area contributed by atoms with E-state index in [4.69, 9.17) is 11.2 Å². The van der Waals surface area contributed by atoms with Crippen molar-refractivity contribution in [3.63, 3.8) is 0 Å². The van der Waals surface area contributed by atoms with E-state index in [1.54, 1.807) is 31.2 Å². The molecule has 2 aromatic carbocycles. The molecule has 3 aromatic rings. The van der Waals surface area contributed by atoms with Crippen LogP contribution in [-0.4, -0.2) is 22.5 Å². The standard InChI is InChI=1S/C23H22FN5O2S/c1-4-12-31-18-10-8-16(9-11-18)26-22-19(24)14-25-23(28-22)27-17-7-6-15(3)20(13-17)32-29-21(30)5-2/h1,6-11,13-14H,5,12H2,2-3H3,(H,29,30)(H2,25,26,27,28). The molecule has 0 aliphatic rings. The van der Waals surface area contributed by atoms with Crippen molar-refractivity contribution in [2.75, 3.05) is 17.2 Å². The zero-order valence-corrected chi connectivity index (χ0v) is 18.4. The first-order valence-corrected chi connectivity index (χ1v) is 10.6. The fourth-order valence-electron chi connectivity index (χ4n) is 2.51. The highest BCUT2D eigenvalue weighted by molar-refractivity contribution is 7.98. The van der Waals surface area contributed by atoms with Crippen molar-refractivity contribution in [3.05, 3.63) is 60.0 Å². The second kappa shape index (κ2) is 11.0. The minimum Gasteiger partial charge on any atom is -0.481 e. The molecule has 0 saturated carbocycles. The molecule has 1 heterocycles. The van der Waals surface area contributed by atoms with Crippen LogP contribution in [0.25, 0.3) is 0 Å². The lowest BCUT2D eigenvalue weighted by Crippen LogP contribution is -2.13. The number of terminal acetylenes is 1. The Morgan fingerprint density at radius 1 is 1.19 bits per heavy atom. The largest absolute Gasteiger partial charge is 0.481 e. The average Bonchev–Trinajstić information content (AvgIpc) is 2.80. The molecule has 0 unspecified atom stereocenters. The molecule has 0 aliphatic heterocycles. The third-order valence-corrected chi connectivity index (χ3v) is 5.21. The van der Waals surface area contributed by atoms with E-state index in [2.05, 4.69) is 31.2 Å². The van der Waals surface area contributed by atoms with Gasteiger partial charge in [0.2, 0.25) is 11.9 Å². The van der Waals surface area contributed by atoms with Gasteiger partial charge in [-0.25, -0.2) is 9.37 Å². The predicted octanol–water partition coefficient (Wildman–Crippen LogP) is 4.96. The summed E-state index contributed by atoms with van der Waals surface area (Å²) in [4.78, 5) is 20.7. The Bertz CT molecular complexity index is 1130.